The molecule has 1 amide bonds. The van der Waals surface area contributed by atoms with Crippen molar-refractivity contribution in [2.75, 3.05) is 13.7 Å². The van der Waals surface area contributed by atoms with Crippen LogP contribution in [0.2, 0.25) is 0 Å². The molecule has 124 valence electrons. The first-order valence-electron chi connectivity index (χ1n) is 7.95. The van der Waals surface area contributed by atoms with E-state index in [9.17, 15) is 4.79 Å². The van der Waals surface area contributed by atoms with Gasteiger partial charge in [0.05, 0.1) is 12.8 Å². The number of oxime groups is 1. The highest BCUT2D eigenvalue weighted by atomic mass is 16.6. The Morgan fingerprint density at radius 2 is 1.96 bits per heavy atom. The van der Waals surface area contributed by atoms with Crippen LogP contribution in [-0.4, -0.2) is 31.4 Å². The summed E-state index contributed by atoms with van der Waals surface area (Å²) in [4.78, 5) is 17.5. The minimum atomic E-state index is -0.545. The lowest BCUT2D eigenvalue weighted by molar-refractivity contribution is -0.131. The molecule has 1 atom stereocenters. The van der Waals surface area contributed by atoms with Crippen LogP contribution in [0.4, 0.5) is 0 Å². The van der Waals surface area contributed by atoms with E-state index in [0.29, 0.717) is 13.0 Å². The number of methoxy groups -OCH3 is 1. The Bertz CT molecular complexity index is 711. The molecule has 1 aliphatic rings. The Balaban J connectivity index is 1.45. The Morgan fingerprint density at radius 3 is 2.67 bits per heavy atom. The smallest absolute Gasteiger partial charge is 0.264 e. The van der Waals surface area contributed by atoms with Gasteiger partial charge in [0.1, 0.15) is 5.75 Å². The molecule has 24 heavy (non-hydrogen) atoms. The summed E-state index contributed by atoms with van der Waals surface area (Å²) in [7, 11) is 1.64. The summed E-state index contributed by atoms with van der Waals surface area (Å²) in [6.45, 7) is 0.561. The Labute approximate surface area is 141 Å². The first-order chi connectivity index (χ1) is 11.8. The molecular weight excluding hydrogens is 304 g/mol. The molecule has 0 spiro atoms. The second-order valence-electron chi connectivity index (χ2n) is 5.59. The van der Waals surface area contributed by atoms with Crippen LogP contribution in [0.3, 0.4) is 0 Å². The number of nitrogens with zero attached hydrogens (tertiary/aromatic N) is 1. The average Bonchev–Trinajstić information content (AvgIpc) is 3.13. The van der Waals surface area contributed by atoms with Gasteiger partial charge < -0.3 is 14.9 Å². The molecule has 0 aliphatic carbocycles. The van der Waals surface area contributed by atoms with Crippen molar-refractivity contribution in [1.82, 2.24) is 5.32 Å². The van der Waals surface area contributed by atoms with Crippen LogP contribution in [0.5, 0.6) is 5.75 Å². The molecule has 1 N–H and O–H groups in total. The SMILES string of the molecule is COc1ccc(CCNC(=O)[C@H]2CC(c3ccccc3)=NO2)cc1. The molecule has 0 bridgehead atoms. The first kappa shape index (κ1) is 16.1. The zero-order valence-electron chi connectivity index (χ0n) is 13.6. The molecule has 5 nitrogen and oxygen atoms in total. The van der Waals surface area contributed by atoms with Gasteiger partial charge in [-0.25, -0.2) is 0 Å². The van der Waals surface area contributed by atoms with E-state index in [2.05, 4.69) is 10.5 Å². The highest BCUT2D eigenvalue weighted by Gasteiger charge is 2.28. The van der Waals surface area contributed by atoms with Gasteiger partial charge in [-0.05, 0) is 29.7 Å². The largest absolute Gasteiger partial charge is 0.497 e. The second kappa shape index (κ2) is 7.64. The Morgan fingerprint density at radius 1 is 1.21 bits per heavy atom. The lowest BCUT2D eigenvalue weighted by Crippen LogP contribution is -2.36. The maximum absolute atomic E-state index is 12.2. The van der Waals surface area contributed by atoms with Crippen molar-refractivity contribution in [2.45, 2.75) is 18.9 Å². The highest BCUT2D eigenvalue weighted by molar-refractivity contribution is 6.04. The zero-order valence-corrected chi connectivity index (χ0v) is 13.6. The molecule has 3 rings (SSSR count). The van der Waals surface area contributed by atoms with Gasteiger partial charge in [-0.2, -0.15) is 0 Å². The van der Waals surface area contributed by atoms with E-state index >= 15 is 0 Å². The van der Waals surface area contributed by atoms with Gasteiger partial charge in [-0.3, -0.25) is 4.79 Å². The Hall–Kier alpha value is -2.82. The summed E-state index contributed by atoms with van der Waals surface area (Å²) >= 11 is 0. The molecule has 0 fully saturated rings. The van der Waals surface area contributed by atoms with Crippen molar-refractivity contribution in [3.05, 3.63) is 65.7 Å². The van der Waals surface area contributed by atoms with Crippen LogP contribution in [0.25, 0.3) is 0 Å². The molecule has 5 heteroatoms. The fourth-order valence-electron chi connectivity index (χ4n) is 2.56. The molecule has 0 saturated carbocycles. The van der Waals surface area contributed by atoms with Crippen LogP contribution >= 0.6 is 0 Å². The average molecular weight is 324 g/mol. The van der Waals surface area contributed by atoms with E-state index in [-0.39, 0.29) is 5.91 Å². The van der Waals surface area contributed by atoms with E-state index in [4.69, 9.17) is 9.57 Å². The van der Waals surface area contributed by atoms with Crippen LogP contribution in [0.15, 0.2) is 59.8 Å². The highest BCUT2D eigenvalue weighted by Crippen LogP contribution is 2.16. The minimum Gasteiger partial charge on any atom is -0.497 e. The van der Waals surface area contributed by atoms with E-state index < -0.39 is 6.10 Å². The van der Waals surface area contributed by atoms with Crippen molar-refractivity contribution in [2.24, 2.45) is 5.16 Å². The minimum absolute atomic E-state index is 0.127. The molecule has 1 aliphatic heterocycles. The third kappa shape index (κ3) is 3.93. The maximum Gasteiger partial charge on any atom is 0.264 e. The maximum atomic E-state index is 12.2. The summed E-state index contributed by atoms with van der Waals surface area (Å²) in [5, 5.41) is 6.94. The third-order valence-electron chi connectivity index (χ3n) is 3.94. The van der Waals surface area contributed by atoms with Crippen LogP contribution < -0.4 is 10.1 Å². The van der Waals surface area contributed by atoms with Gasteiger partial charge in [-0.1, -0.05) is 47.6 Å². The summed E-state index contributed by atoms with van der Waals surface area (Å²) < 4.78 is 5.13. The first-order valence-corrected chi connectivity index (χ1v) is 7.95. The van der Waals surface area contributed by atoms with Gasteiger partial charge in [-0.15, -0.1) is 0 Å². The van der Waals surface area contributed by atoms with Gasteiger partial charge in [0.2, 0.25) is 6.10 Å². The third-order valence-corrected chi connectivity index (χ3v) is 3.94. The van der Waals surface area contributed by atoms with Gasteiger partial charge >= 0.3 is 0 Å². The predicted octanol–water partition coefficient (Wildman–Crippen LogP) is 2.55. The predicted molar refractivity (Wildman–Crippen MR) is 92.2 cm³/mol. The van der Waals surface area contributed by atoms with Gasteiger partial charge in [0, 0.05) is 13.0 Å². The number of carbonyl (C=O) groups is 1. The van der Waals surface area contributed by atoms with Crippen LogP contribution in [0.1, 0.15) is 17.5 Å². The fraction of sp³-hybridized carbons (Fsp3) is 0.263. The lowest BCUT2D eigenvalue weighted by atomic mass is 10.0. The molecular formula is C19H20N2O3. The van der Waals surface area contributed by atoms with Crippen molar-refractivity contribution >= 4 is 11.6 Å². The number of ether oxygens (including phenoxy) is 1. The van der Waals surface area contributed by atoms with E-state index in [1.165, 1.54) is 0 Å². The number of nitrogens with one attached hydrogen (secondary N) is 1. The molecule has 2 aromatic rings. The summed E-state index contributed by atoms with van der Waals surface area (Å²) in [6, 6.07) is 17.6. The molecule has 0 radical (unpaired) electrons. The lowest BCUT2D eigenvalue weighted by Gasteiger charge is -2.09. The summed E-state index contributed by atoms with van der Waals surface area (Å²) in [6.07, 6.45) is 0.712. The van der Waals surface area contributed by atoms with E-state index in [0.717, 1.165) is 29.0 Å². The van der Waals surface area contributed by atoms with Gasteiger partial charge in [0.25, 0.3) is 5.91 Å². The molecule has 0 unspecified atom stereocenters. The monoisotopic (exact) mass is 324 g/mol. The number of amides is 1. The van der Waals surface area contributed by atoms with Gasteiger partial charge in [0.15, 0.2) is 0 Å². The standard InChI is InChI=1S/C19H20N2O3/c1-23-16-9-7-14(8-10-16)11-12-20-19(22)18-13-17(21-24-18)15-5-3-2-4-6-15/h2-10,18H,11-13H2,1H3,(H,20,22)/t18-/m1/s1. The summed E-state index contributed by atoms with van der Waals surface area (Å²) in [5.41, 5.74) is 2.95. The Kier molecular flexibility index (Phi) is 5.11. The quantitative estimate of drug-likeness (QED) is 0.888. The molecule has 2 aromatic carbocycles. The zero-order chi connectivity index (χ0) is 16.8. The molecule has 0 saturated heterocycles. The summed E-state index contributed by atoms with van der Waals surface area (Å²) in [5.74, 6) is 0.700. The van der Waals surface area contributed by atoms with Crippen LogP contribution in [-0.2, 0) is 16.1 Å². The number of hydrogen-bond donors (Lipinski definition) is 1. The number of benzene rings is 2. The number of rotatable bonds is 6. The number of carbonyl (C=O) groups excluding carboxylic acids is 1. The van der Waals surface area contributed by atoms with Crippen molar-refractivity contribution in [1.29, 1.82) is 0 Å². The molecule has 0 aromatic heterocycles. The van der Waals surface area contributed by atoms with Crippen molar-refractivity contribution in [3.63, 3.8) is 0 Å². The number of hydrogen-bond acceptors (Lipinski definition) is 4. The van der Waals surface area contributed by atoms with Crippen LogP contribution in [0, 0.1) is 0 Å². The normalized spacial score (nSPS) is 16.2. The topological polar surface area (TPSA) is 59.9 Å². The van der Waals surface area contributed by atoms with E-state index in [1.54, 1.807) is 7.11 Å². The second-order valence-corrected chi connectivity index (χ2v) is 5.59. The van der Waals surface area contributed by atoms with Crippen molar-refractivity contribution in [3.8, 4) is 5.75 Å². The van der Waals surface area contributed by atoms with Crippen molar-refractivity contribution < 1.29 is 14.4 Å². The fourth-order valence-corrected chi connectivity index (χ4v) is 2.56. The van der Waals surface area contributed by atoms with E-state index in [1.807, 2.05) is 54.6 Å². The molecule has 1 heterocycles.